The molecule has 1 unspecified atom stereocenters. The van der Waals surface area contributed by atoms with Gasteiger partial charge in [-0.2, -0.15) is 13.2 Å². The highest BCUT2D eigenvalue weighted by Gasteiger charge is 2.31. The molecule has 0 amide bonds. The van der Waals surface area contributed by atoms with Gasteiger partial charge in [-0.3, -0.25) is 4.98 Å². The number of benzene rings is 1. The second kappa shape index (κ2) is 8.46. The van der Waals surface area contributed by atoms with Crippen molar-refractivity contribution in [3.05, 3.63) is 54.9 Å². The van der Waals surface area contributed by atoms with E-state index in [1.807, 2.05) is 0 Å². The molecule has 1 aromatic carbocycles. The molecule has 1 atom stereocenters. The number of fused-ring (bicyclic) bond motifs is 1. The maximum Gasteiger partial charge on any atom is 0.416 e. The molecule has 0 spiro atoms. The molecule has 0 radical (unpaired) electrons. The maximum atomic E-state index is 12.9. The number of alkyl halides is 3. The molecule has 28 heavy (non-hydrogen) atoms. The van der Waals surface area contributed by atoms with Crippen LogP contribution in [0.25, 0.3) is 22.6 Å². The molecule has 0 aliphatic heterocycles. The highest BCUT2D eigenvalue weighted by molar-refractivity contribution is 5.78. The molecule has 7 heteroatoms. The quantitative estimate of drug-likeness (QED) is 0.329. The number of rotatable bonds is 8. The van der Waals surface area contributed by atoms with Crippen LogP contribution in [0.3, 0.4) is 0 Å². The van der Waals surface area contributed by atoms with E-state index in [-0.39, 0.29) is 23.1 Å². The van der Waals surface area contributed by atoms with E-state index in [0.29, 0.717) is 11.3 Å². The predicted molar refractivity (Wildman–Crippen MR) is 101 cm³/mol. The van der Waals surface area contributed by atoms with Crippen LogP contribution in [0, 0.1) is 0 Å². The molecule has 0 fully saturated rings. The molecule has 3 rings (SSSR count). The number of hydrogen-bond acceptors (Lipinski definition) is 4. The molecule has 0 bridgehead atoms. The normalized spacial score (nSPS) is 12.9. The van der Waals surface area contributed by atoms with Crippen molar-refractivity contribution in [2.45, 2.75) is 44.9 Å². The predicted octanol–water partition coefficient (Wildman–Crippen LogP) is 6.42. The summed E-state index contributed by atoms with van der Waals surface area (Å²) < 4.78 is 50.4. The molecule has 0 N–H and O–H groups in total. The van der Waals surface area contributed by atoms with Crippen LogP contribution >= 0.6 is 0 Å². The van der Waals surface area contributed by atoms with E-state index in [9.17, 15) is 13.2 Å². The van der Waals surface area contributed by atoms with E-state index in [4.69, 9.17) is 9.15 Å². The van der Waals surface area contributed by atoms with E-state index in [0.717, 1.165) is 37.8 Å². The van der Waals surface area contributed by atoms with Crippen LogP contribution in [0.1, 0.15) is 38.2 Å². The number of halogens is 3. The largest absolute Gasteiger partial charge is 0.484 e. The van der Waals surface area contributed by atoms with Crippen molar-refractivity contribution in [1.29, 1.82) is 0 Å². The fourth-order valence-electron chi connectivity index (χ4n) is 2.85. The molecule has 3 aromatic rings. The lowest BCUT2D eigenvalue weighted by Gasteiger charge is -2.16. The first-order chi connectivity index (χ1) is 13.4. The molecular formula is C21H21F3N2O2. The second-order valence-corrected chi connectivity index (χ2v) is 6.46. The number of nitrogens with zero attached hydrogens (tertiary/aromatic N) is 2. The Labute approximate surface area is 161 Å². The number of hydrogen-bond donors (Lipinski definition) is 0. The molecule has 4 nitrogen and oxygen atoms in total. The van der Waals surface area contributed by atoms with Crippen LogP contribution in [0.5, 0.6) is 5.75 Å². The zero-order chi connectivity index (χ0) is 20.1. The van der Waals surface area contributed by atoms with Gasteiger partial charge < -0.3 is 9.15 Å². The summed E-state index contributed by atoms with van der Waals surface area (Å²) in [4.78, 5) is 8.30. The molecular weight excluding hydrogens is 369 g/mol. The lowest BCUT2D eigenvalue weighted by atomic mass is 10.1. The highest BCUT2D eigenvalue weighted by Crippen LogP contribution is 2.35. The van der Waals surface area contributed by atoms with Gasteiger partial charge in [0.15, 0.2) is 11.3 Å². The minimum absolute atomic E-state index is 0.135. The van der Waals surface area contributed by atoms with Gasteiger partial charge in [0.25, 0.3) is 0 Å². The minimum Gasteiger partial charge on any atom is -0.484 e. The van der Waals surface area contributed by atoms with Crippen molar-refractivity contribution in [2.75, 3.05) is 0 Å². The summed E-state index contributed by atoms with van der Waals surface area (Å²) in [5.74, 6) is 0.634. The zero-order valence-electron chi connectivity index (χ0n) is 15.5. The lowest BCUT2D eigenvalue weighted by Crippen LogP contribution is -2.13. The van der Waals surface area contributed by atoms with Gasteiger partial charge in [-0.25, -0.2) is 4.98 Å². The average molecular weight is 390 g/mol. The number of ether oxygens (including phenoxy) is 1. The molecule has 0 saturated carbocycles. The van der Waals surface area contributed by atoms with Crippen molar-refractivity contribution < 1.29 is 22.3 Å². The fraction of sp³-hybridized carbons (Fsp3) is 0.333. The molecule has 0 aliphatic rings. The van der Waals surface area contributed by atoms with Gasteiger partial charge in [0.05, 0.1) is 17.3 Å². The van der Waals surface area contributed by atoms with E-state index >= 15 is 0 Å². The first kappa shape index (κ1) is 19.9. The van der Waals surface area contributed by atoms with Gasteiger partial charge in [-0.15, -0.1) is 0 Å². The third-order valence-corrected chi connectivity index (χ3v) is 4.36. The second-order valence-electron chi connectivity index (χ2n) is 6.46. The number of pyridine rings is 1. The summed E-state index contributed by atoms with van der Waals surface area (Å²) in [6, 6.07) is 4.88. The monoisotopic (exact) mass is 390 g/mol. The smallest absolute Gasteiger partial charge is 0.416 e. The summed E-state index contributed by atoms with van der Waals surface area (Å²) in [7, 11) is 0. The maximum absolute atomic E-state index is 12.9. The summed E-state index contributed by atoms with van der Waals surface area (Å²) in [5.41, 5.74) is 0.167. The lowest BCUT2D eigenvalue weighted by molar-refractivity contribution is -0.137. The van der Waals surface area contributed by atoms with Crippen molar-refractivity contribution in [2.24, 2.45) is 0 Å². The van der Waals surface area contributed by atoms with Crippen LogP contribution in [0.4, 0.5) is 13.2 Å². The average Bonchev–Trinajstić information content (AvgIpc) is 3.10. The van der Waals surface area contributed by atoms with Gasteiger partial charge in [0.2, 0.25) is 5.89 Å². The molecule has 148 valence electrons. The van der Waals surface area contributed by atoms with E-state index < -0.39 is 11.7 Å². The Balaban J connectivity index is 1.90. The Morgan fingerprint density at radius 3 is 2.79 bits per heavy atom. The van der Waals surface area contributed by atoms with Gasteiger partial charge in [-0.1, -0.05) is 32.4 Å². The Morgan fingerprint density at radius 2 is 2.07 bits per heavy atom. The summed E-state index contributed by atoms with van der Waals surface area (Å²) in [5, 5.41) is 0. The van der Waals surface area contributed by atoms with Crippen molar-refractivity contribution in [3.8, 4) is 17.2 Å². The molecule has 0 saturated heterocycles. The standard InChI is InChI=1S/C21H21F3N2O2/c1-3-5-6-7-15(4-2)27-19-13-25-11-10-16(19)20-26-17-12-14(21(22,23)24)8-9-18(17)28-20/h4,8-13,15H,2-3,5-7H2,1H3. The Kier molecular flexibility index (Phi) is 6.02. The van der Waals surface area contributed by atoms with Crippen LogP contribution in [-0.4, -0.2) is 16.1 Å². The van der Waals surface area contributed by atoms with Gasteiger partial charge >= 0.3 is 6.18 Å². The van der Waals surface area contributed by atoms with Gasteiger partial charge in [-0.05, 0) is 37.1 Å². The third-order valence-electron chi connectivity index (χ3n) is 4.36. The summed E-state index contributed by atoms with van der Waals surface area (Å²) >= 11 is 0. The van der Waals surface area contributed by atoms with Crippen molar-refractivity contribution >= 4 is 11.1 Å². The minimum atomic E-state index is -4.44. The van der Waals surface area contributed by atoms with E-state index in [2.05, 4.69) is 23.5 Å². The molecule has 0 aliphatic carbocycles. The molecule has 2 heterocycles. The van der Waals surface area contributed by atoms with Gasteiger partial charge in [0.1, 0.15) is 11.6 Å². The topological polar surface area (TPSA) is 48.2 Å². The summed E-state index contributed by atoms with van der Waals surface area (Å²) in [6.45, 7) is 5.94. The number of aromatic nitrogens is 2. The number of unbranched alkanes of at least 4 members (excludes halogenated alkanes) is 2. The van der Waals surface area contributed by atoms with Crippen molar-refractivity contribution in [1.82, 2.24) is 9.97 Å². The Bertz CT molecular complexity index is 950. The SMILES string of the molecule is C=CC(CCCCC)Oc1cnccc1-c1nc2cc(C(F)(F)F)ccc2o1. The van der Waals surface area contributed by atoms with Crippen LogP contribution in [-0.2, 0) is 6.18 Å². The third kappa shape index (κ3) is 4.52. The summed E-state index contributed by atoms with van der Waals surface area (Å²) in [6.07, 6.45) is 4.21. The van der Waals surface area contributed by atoms with Crippen LogP contribution in [0.2, 0.25) is 0 Å². The fourth-order valence-corrected chi connectivity index (χ4v) is 2.85. The molecule has 2 aromatic heterocycles. The Morgan fingerprint density at radius 1 is 1.25 bits per heavy atom. The first-order valence-electron chi connectivity index (χ1n) is 9.13. The van der Waals surface area contributed by atoms with Gasteiger partial charge in [0, 0.05) is 6.20 Å². The Hall–Kier alpha value is -2.83. The van der Waals surface area contributed by atoms with Crippen molar-refractivity contribution in [3.63, 3.8) is 0 Å². The van der Waals surface area contributed by atoms with E-state index in [1.54, 1.807) is 24.5 Å². The van der Waals surface area contributed by atoms with E-state index in [1.165, 1.54) is 6.07 Å². The highest BCUT2D eigenvalue weighted by atomic mass is 19.4. The van der Waals surface area contributed by atoms with Crippen LogP contribution in [0.15, 0.2) is 53.7 Å². The van der Waals surface area contributed by atoms with Crippen LogP contribution < -0.4 is 4.74 Å². The zero-order valence-corrected chi connectivity index (χ0v) is 15.5. The first-order valence-corrected chi connectivity index (χ1v) is 9.13. The number of oxazole rings is 1.